The molecule has 0 radical (unpaired) electrons. The fraction of sp³-hybridized carbons (Fsp3) is 0.625. The summed E-state index contributed by atoms with van der Waals surface area (Å²) in [5.41, 5.74) is 2.47. The summed E-state index contributed by atoms with van der Waals surface area (Å²) in [7, 11) is 0. The van der Waals surface area contributed by atoms with Gasteiger partial charge in [-0.3, -0.25) is 0 Å². The fourth-order valence-electron chi connectivity index (χ4n) is 2.56. The maximum atomic E-state index is 6.02. The Morgan fingerprint density at radius 2 is 2.00 bits per heavy atom. The normalized spacial score (nSPS) is 17.9. The fourth-order valence-corrected chi connectivity index (χ4v) is 2.56. The summed E-state index contributed by atoms with van der Waals surface area (Å²) in [6, 6.07) is 7.10. The van der Waals surface area contributed by atoms with Gasteiger partial charge in [-0.1, -0.05) is 25.0 Å². The molecule has 0 saturated heterocycles. The van der Waals surface area contributed by atoms with Crippen molar-refractivity contribution in [2.75, 3.05) is 6.54 Å². The zero-order chi connectivity index (χ0) is 13.0. The molecule has 0 spiro atoms. The summed E-state index contributed by atoms with van der Waals surface area (Å²) in [5, 5.41) is 3.61. The molecule has 1 aliphatic carbocycles. The first-order chi connectivity index (χ1) is 8.65. The highest BCUT2D eigenvalue weighted by atomic mass is 16.5. The third kappa shape index (κ3) is 3.74. The van der Waals surface area contributed by atoms with E-state index < -0.39 is 0 Å². The second-order valence-corrected chi connectivity index (χ2v) is 5.59. The third-order valence-electron chi connectivity index (χ3n) is 3.72. The molecule has 0 bridgehead atoms. The van der Waals surface area contributed by atoms with Crippen molar-refractivity contribution in [2.24, 2.45) is 0 Å². The molecule has 1 aromatic rings. The second-order valence-electron chi connectivity index (χ2n) is 5.59. The SMILES string of the molecule is Cc1ccc(C)c(OC(C)CNC2CCCC2)c1. The summed E-state index contributed by atoms with van der Waals surface area (Å²) in [6.07, 6.45) is 5.64. The predicted octanol–water partition coefficient (Wildman–Crippen LogP) is 3.60. The van der Waals surface area contributed by atoms with Crippen LogP contribution in [0.15, 0.2) is 18.2 Å². The van der Waals surface area contributed by atoms with E-state index in [1.54, 1.807) is 0 Å². The number of hydrogen-bond acceptors (Lipinski definition) is 2. The van der Waals surface area contributed by atoms with Crippen LogP contribution >= 0.6 is 0 Å². The third-order valence-corrected chi connectivity index (χ3v) is 3.72. The van der Waals surface area contributed by atoms with E-state index in [0.29, 0.717) is 0 Å². The van der Waals surface area contributed by atoms with Gasteiger partial charge in [0.25, 0.3) is 0 Å². The van der Waals surface area contributed by atoms with Crippen LogP contribution in [0.5, 0.6) is 5.75 Å². The van der Waals surface area contributed by atoms with Crippen LogP contribution in [-0.4, -0.2) is 18.7 Å². The largest absolute Gasteiger partial charge is 0.489 e. The van der Waals surface area contributed by atoms with Gasteiger partial charge in [-0.25, -0.2) is 0 Å². The van der Waals surface area contributed by atoms with Crippen LogP contribution in [-0.2, 0) is 0 Å². The summed E-state index contributed by atoms with van der Waals surface area (Å²) in [4.78, 5) is 0. The van der Waals surface area contributed by atoms with Gasteiger partial charge in [-0.2, -0.15) is 0 Å². The van der Waals surface area contributed by atoms with Crippen molar-refractivity contribution < 1.29 is 4.74 Å². The van der Waals surface area contributed by atoms with Crippen LogP contribution in [0.2, 0.25) is 0 Å². The predicted molar refractivity (Wildman–Crippen MR) is 76.3 cm³/mol. The number of rotatable bonds is 5. The van der Waals surface area contributed by atoms with Crippen molar-refractivity contribution >= 4 is 0 Å². The highest BCUT2D eigenvalue weighted by Gasteiger charge is 2.15. The first-order valence-electron chi connectivity index (χ1n) is 7.12. The van der Waals surface area contributed by atoms with Gasteiger partial charge in [0.15, 0.2) is 0 Å². The molecule has 0 aromatic heterocycles. The molecule has 1 saturated carbocycles. The van der Waals surface area contributed by atoms with E-state index in [4.69, 9.17) is 4.74 Å². The molecule has 2 heteroatoms. The van der Waals surface area contributed by atoms with E-state index in [9.17, 15) is 0 Å². The molecule has 1 fully saturated rings. The van der Waals surface area contributed by atoms with E-state index >= 15 is 0 Å². The van der Waals surface area contributed by atoms with Crippen LogP contribution in [0.3, 0.4) is 0 Å². The standard InChI is InChI=1S/C16H25NO/c1-12-8-9-13(2)16(10-12)18-14(3)11-17-15-6-4-5-7-15/h8-10,14-15,17H,4-7,11H2,1-3H3. The topological polar surface area (TPSA) is 21.3 Å². The van der Waals surface area contributed by atoms with Crippen molar-refractivity contribution in [3.05, 3.63) is 29.3 Å². The molecule has 0 heterocycles. The van der Waals surface area contributed by atoms with Gasteiger partial charge in [0.2, 0.25) is 0 Å². The van der Waals surface area contributed by atoms with Crippen molar-refractivity contribution in [1.29, 1.82) is 0 Å². The zero-order valence-corrected chi connectivity index (χ0v) is 11.8. The Bertz CT molecular complexity index is 383. The van der Waals surface area contributed by atoms with Gasteiger partial charge in [0.1, 0.15) is 11.9 Å². The molecule has 0 aliphatic heterocycles. The van der Waals surface area contributed by atoms with E-state index in [-0.39, 0.29) is 6.10 Å². The van der Waals surface area contributed by atoms with Gasteiger partial charge in [0.05, 0.1) is 0 Å². The maximum Gasteiger partial charge on any atom is 0.122 e. The lowest BCUT2D eigenvalue weighted by molar-refractivity contribution is 0.210. The van der Waals surface area contributed by atoms with Crippen molar-refractivity contribution in [2.45, 2.75) is 58.6 Å². The maximum absolute atomic E-state index is 6.02. The molecule has 1 aliphatic rings. The molecule has 1 N–H and O–H groups in total. The lowest BCUT2D eigenvalue weighted by atomic mass is 10.1. The van der Waals surface area contributed by atoms with E-state index in [2.05, 4.69) is 44.3 Å². The smallest absolute Gasteiger partial charge is 0.122 e. The van der Waals surface area contributed by atoms with Crippen LogP contribution in [0, 0.1) is 13.8 Å². The van der Waals surface area contributed by atoms with Gasteiger partial charge in [-0.15, -0.1) is 0 Å². The Morgan fingerprint density at radius 1 is 1.28 bits per heavy atom. The monoisotopic (exact) mass is 247 g/mol. The lowest BCUT2D eigenvalue weighted by Gasteiger charge is -2.20. The van der Waals surface area contributed by atoms with Crippen molar-refractivity contribution in [1.82, 2.24) is 5.32 Å². The van der Waals surface area contributed by atoms with Crippen LogP contribution in [0.25, 0.3) is 0 Å². The average molecular weight is 247 g/mol. The second kappa shape index (κ2) is 6.24. The number of benzene rings is 1. The number of ether oxygens (including phenoxy) is 1. The minimum Gasteiger partial charge on any atom is -0.489 e. The number of hydrogen-bond donors (Lipinski definition) is 1. The Kier molecular flexibility index (Phi) is 4.65. The highest BCUT2D eigenvalue weighted by molar-refractivity contribution is 5.36. The molecular weight excluding hydrogens is 222 g/mol. The summed E-state index contributed by atoms with van der Waals surface area (Å²) in [5.74, 6) is 1.02. The summed E-state index contributed by atoms with van der Waals surface area (Å²) < 4.78 is 6.02. The summed E-state index contributed by atoms with van der Waals surface area (Å²) >= 11 is 0. The number of nitrogens with one attached hydrogen (secondary N) is 1. The number of aryl methyl sites for hydroxylation is 2. The van der Waals surface area contributed by atoms with E-state index in [0.717, 1.165) is 18.3 Å². The minimum atomic E-state index is 0.228. The quantitative estimate of drug-likeness (QED) is 0.858. The molecule has 0 amide bonds. The Labute approximate surface area is 111 Å². The summed E-state index contributed by atoms with van der Waals surface area (Å²) in [6.45, 7) is 7.29. The van der Waals surface area contributed by atoms with Crippen LogP contribution in [0.1, 0.15) is 43.7 Å². The molecular formula is C16H25NO. The Morgan fingerprint density at radius 3 is 2.72 bits per heavy atom. The minimum absolute atomic E-state index is 0.228. The van der Waals surface area contributed by atoms with Gasteiger partial charge < -0.3 is 10.1 Å². The zero-order valence-electron chi connectivity index (χ0n) is 11.8. The first kappa shape index (κ1) is 13.4. The Hall–Kier alpha value is -1.02. The van der Waals surface area contributed by atoms with Crippen LogP contribution < -0.4 is 10.1 Å². The van der Waals surface area contributed by atoms with Crippen LogP contribution in [0.4, 0.5) is 0 Å². The molecule has 2 rings (SSSR count). The van der Waals surface area contributed by atoms with Gasteiger partial charge in [0, 0.05) is 12.6 Å². The van der Waals surface area contributed by atoms with E-state index in [1.165, 1.54) is 36.8 Å². The van der Waals surface area contributed by atoms with Gasteiger partial charge in [-0.05, 0) is 50.8 Å². The lowest BCUT2D eigenvalue weighted by Crippen LogP contribution is -2.35. The molecule has 1 unspecified atom stereocenters. The highest BCUT2D eigenvalue weighted by Crippen LogP contribution is 2.21. The molecule has 100 valence electrons. The average Bonchev–Trinajstić information content (AvgIpc) is 2.84. The van der Waals surface area contributed by atoms with E-state index in [1.807, 2.05) is 0 Å². The molecule has 18 heavy (non-hydrogen) atoms. The molecule has 1 atom stereocenters. The molecule has 2 nitrogen and oxygen atoms in total. The van der Waals surface area contributed by atoms with Gasteiger partial charge >= 0.3 is 0 Å². The van der Waals surface area contributed by atoms with Crippen molar-refractivity contribution in [3.8, 4) is 5.75 Å². The Balaban J connectivity index is 1.82. The molecule has 1 aromatic carbocycles. The van der Waals surface area contributed by atoms with Crippen molar-refractivity contribution in [3.63, 3.8) is 0 Å². The first-order valence-corrected chi connectivity index (χ1v) is 7.12.